The van der Waals surface area contributed by atoms with E-state index in [1.807, 2.05) is 51.1 Å². The van der Waals surface area contributed by atoms with E-state index in [0.717, 1.165) is 5.56 Å². The summed E-state index contributed by atoms with van der Waals surface area (Å²) < 4.78 is 5.52. The molecule has 2 rings (SSSR count). The van der Waals surface area contributed by atoms with E-state index in [0.29, 0.717) is 5.69 Å². The molecular weight excluding hydrogens is 322 g/mol. The van der Waals surface area contributed by atoms with E-state index in [2.05, 4.69) is 15.5 Å². The van der Waals surface area contributed by atoms with Crippen molar-refractivity contribution >= 4 is 11.9 Å². The topological polar surface area (TPSA) is 104 Å². The molecule has 0 fully saturated rings. The Labute approximate surface area is 146 Å². The van der Waals surface area contributed by atoms with Gasteiger partial charge in [0.05, 0.1) is 11.3 Å². The summed E-state index contributed by atoms with van der Waals surface area (Å²) in [5.41, 5.74) is 1.34. The van der Waals surface area contributed by atoms with Gasteiger partial charge in [-0.2, -0.15) is 5.10 Å². The number of rotatable bonds is 7. The van der Waals surface area contributed by atoms with Crippen LogP contribution in [0.4, 0.5) is 0 Å². The number of benzene rings is 1. The minimum atomic E-state index is -1.10. The molecule has 0 aliphatic heterocycles. The second-order valence-electron chi connectivity index (χ2n) is 6.65. The Morgan fingerprint density at radius 2 is 1.96 bits per heavy atom. The number of nitrogens with zero attached hydrogens (tertiary/aromatic N) is 1. The molecule has 3 N–H and O–H groups in total. The Balaban J connectivity index is 1.99. The Bertz CT molecular complexity index is 719. The minimum Gasteiger partial charge on any atom is -0.480 e. The molecule has 0 aliphatic rings. The first kappa shape index (κ1) is 18.7. The van der Waals surface area contributed by atoms with E-state index >= 15 is 0 Å². The molecule has 0 saturated carbocycles. The van der Waals surface area contributed by atoms with Crippen LogP contribution in [0, 0.1) is 0 Å². The number of aromatic nitrogens is 2. The number of carbonyl (C=O) groups is 2. The van der Waals surface area contributed by atoms with Crippen molar-refractivity contribution in [1.29, 1.82) is 0 Å². The third-order valence-corrected chi connectivity index (χ3v) is 3.44. The lowest BCUT2D eigenvalue weighted by Gasteiger charge is -2.21. The molecule has 0 bridgehead atoms. The maximum Gasteiger partial charge on any atom is 0.326 e. The predicted molar refractivity (Wildman–Crippen MR) is 93.2 cm³/mol. The lowest BCUT2D eigenvalue weighted by Crippen LogP contribution is -2.42. The van der Waals surface area contributed by atoms with Crippen molar-refractivity contribution in [2.45, 2.75) is 38.8 Å². The first-order valence-corrected chi connectivity index (χ1v) is 8.05. The maximum atomic E-state index is 12.3. The summed E-state index contributed by atoms with van der Waals surface area (Å²) in [6.07, 6.45) is 0.179. The van der Waals surface area contributed by atoms with Gasteiger partial charge in [0.25, 0.3) is 5.91 Å². The summed E-state index contributed by atoms with van der Waals surface area (Å²) in [6, 6.07) is 9.96. The normalized spacial score (nSPS) is 12.6. The van der Waals surface area contributed by atoms with Gasteiger partial charge in [0.1, 0.15) is 11.7 Å². The fourth-order valence-electron chi connectivity index (χ4n) is 2.17. The maximum absolute atomic E-state index is 12.3. The van der Waals surface area contributed by atoms with Crippen LogP contribution in [0.5, 0.6) is 0 Å². The SMILES string of the molecule is CC(C)(C)OCCC(NC(=O)c1cc(-c2ccccc2)n[nH]1)C(=O)O. The first-order chi connectivity index (χ1) is 11.8. The third-order valence-electron chi connectivity index (χ3n) is 3.44. The van der Waals surface area contributed by atoms with Gasteiger partial charge in [-0.25, -0.2) is 4.79 Å². The van der Waals surface area contributed by atoms with Crippen molar-refractivity contribution in [2.75, 3.05) is 6.61 Å². The molecule has 0 saturated heterocycles. The Morgan fingerprint density at radius 3 is 2.56 bits per heavy atom. The van der Waals surface area contributed by atoms with Gasteiger partial charge < -0.3 is 15.2 Å². The summed E-state index contributed by atoms with van der Waals surface area (Å²) >= 11 is 0. The van der Waals surface area contributed by atoms with Crippen LogP contribution in [0.3, 0.4) is 0 Å². The van der Waals surface area contributed by atoms with Crippen LogP contribution < -0.4 is 5.32 Å². The average molecular weight is 345 g/mol. The number of H-pyrrole nitrogens is 1. The van der Waals surface area contributed by atoms with Crippen LogP contribution in [-0.4, -0.2) is 45.4 Å². The highest BCUT2D eigenvalue weighted by Crippen LogP contribution is 2.17. The van der Waals surface area contributed by atoms with E-state index in [1.165, 1.54) is 0 Å². The summed E-state index contributed by atoms with van der Waals surface area (Å²) in [5, 5.41) is 18.5. The standard InChI is InChI=1S/C18H23N3O4/c1-18(2,3)25-10-9-13(17(23)24)19-16(22)15-11-14(20-21-15)12-7-5-4-6-8-12/h4-8,11,13H,9-10H2,1-3H3,(H,19,22)(H,20,21)(H,23,24). The number of nitrogens with one attached hydrogen (secondary N) is 2. The van der Waals surface area contributed by atoms with Gasteiger partial charge in [-0.1, -0.05) is 30.3 Å². The number of hydrogen-bond acceptors (Lipinski definition) is 4. The summed E-state index contributed by atoms with van der Waals surface area (Å²) in [4.78, 5) is 23.6. The first-order valence-electron chi connectivity index (χ1n) is 8.05. The number of carboxylic acids is 1. The molecule has 0 aliphatic carbocycles. The second kappa shape index (κ2) is 7.94. The van der Waals surface area contributed by atoms with Crippen molar-refractivity contribution in [2.24, 2.45) is 0 Å². The van der Waals surface area contributed by atoms with Gasteiger partial charge in [-0.05, 0) is 26.8 Å². The van der Waals surface area contributed by atoms with Crippen molar-refractivity contribution < 1.29 is 19.4 Å². The highest BCUT2D eigenvalue weighted by atomic mass is 16.5. The van der Waals surface area contributed by atoms with Crippen LogP contribution in [0.1, 0.15) is 37.7 Å². The number of carboxylic acid groups (broad SMARTS) is 1. The number of aromatic amines is 1. The van der Waals surface area contributed by atoms with Gasteiger partial charge in [-0.15, -0.1) is 0 Å². The fourth-order valence-corrected chi connectivity index (χ4v) is 2.17. The van der Waals surface area contributed by atoms with E-state index in [4.69, 9.17) is 4.74 Å². The lowest BCUT2D eigenvalue weighted by atomic mass is 10.1. The van der Waals surface area contributed by atoms with Crippen LogP contribution in [0.25, 0.3) is 11.3 Å². The number of amides is 1. The Kier molecular flexibility index (Phi) is 5.93. The quantitative estimate of drug-likeness (QED) is 0.715. The van der Waals surface area contributed by atoms with Crippen LogP contribution in [0.2, 0.25) is 0 Å². The zero-order valence-corrected chi connectivity index (χ0v) is 14.6. The number of ether oxygens (including phenoxy) is 1. The molecule has 7 heteroatoms. The molecule has 25 heavy (non-hydrogen) atoms. The van der Waals surface area contributed by atoms with E-state index in [9.17, 15) is 14.7 Å². The zero-order chi connectivity index (χ0) is 18.4. The molecule has 0 radical (unpaired) electrons. The number of carbonyl (C=O) groups excluding carboxylic acids is 1. The zero-order valence-electron chi connectivity index (χ0n) is 14.6. The minimum absolute atomic E-state index is 0.179. The predicted octanol–water partition coefficient (Wildman–Crippen LogP) is 2.46. The molecule has 2 aromatic rings. The number of hydrogen-bond donors (Lipinski definition) is 3. The molecule has 134 valence electrons. The Hall–Kier alpha value is -2.67. The van der Waals surface area contributed by atoms with Gasteiger partial charge in [0, 0.05) is 18.6 Å². The van der Waals surface area contributed by atoms with Crippen molar-refractivity contribution in [3.63, 3.8) is 0 Å². The molecule has 1 heterocycles. The molecule has 7 nitrogen and oxygen atoms in total. The van der Waals surface area contributed by atoms with Gasteiger partial charge in [0.2, 0.25) is 0 Å². The highest BCUT2D eigenvalue weighted by molar-refractivity contribution is 5.95. The molecule has 1 unspecified atom stereocenters. The van der Waals surface area contributed by atoms with Crippen molar-refractivity contribution in [3.05, 3.63) is 42.1 Å². The third kappa shape index (κ3) is 5.72. The number of aliphatic carboxylic acids is 1. The lowest BCUT2D eigenvalue weighted by molar-refractivity contribution is -0.140. The van der Waals surface area contributed by atoms with Crippen LogP contribution >= 0.6 is 0 Å². The molecule has 0 spiro atoms. The Morgan fingerprint density at radius 1 is 1.28 bits per heavy atom. The van der Waals surface area contributed by atoms with Gasteiger partial charge in [0.15, 0.2) is 0 Å². The smallest absolute Gasteiger partial charge is 0.326 e. The van der Waals surface area contributed by atoms with Crippen LogP contribution in [0.15, 0.2) is 36.4 Å². The average Bonchev–Trinajstić information content (AvgIpc) is 3.03. The molecular formula is C18H23N3O4. The van der Waals surface area contributed by atoms with Gasteiger partial charge in [-0.3, -0.25) is 9.89 Å². The highest BCUT2D eigenvalue weighted by Gasteiger charge is 2.23. The molecule has 1 atom stereocenters. The van der Waals surface area contributed by atoms with Gasteiger partial charge >= 0.3 is 5.97 Å². The second-order valence-corrected chi connectivity index (χ2v) is 6.65. The monoisotopic (exact) mass is 345 g/mol. The van der Waals surface area contributed by atoms with Crippen molar-refractivity contribution in [1.82, 2.24) is 15.5 Å². The largest absolute Gasteiger partial charge is 0.480 e. The molecule has 1 amide bonds. The fraction of sp³-hybridized carbons (Fsp3) is 0.389. The summed E-state index contributed by atoms with van der Waals surface area (Å²) in [6.45, 7) is 5.89. The van der Waals surface area contributed by atoms with E-state index in [-0.39, 0.29) is 24.3 Å². The molecule has 1 aromatic carbocycles. The summed E-state index contributed by atoms with van der Waals surface area (Å²) in [7, 11) is 0. The summed E-state index contributed by atoms with van der Waals surface area (Å²) in [5.74, 6) is -1.62. The van der Waals surface area contributed by atoms with E-state index in [1.54, 1.807) is 6.07 Å². The van der Waals surface area contributed by atoms with Crippen molar-refractivity contribution in [3.8, 4) is 11.3 Å². The molecule has 1 aromatic heterocycles. The van der Waals surface area contributed by atoms with E-state index < -0.39 is 17.9 Å². The van der Waals surface area contributed by atoms with Crippen LogP contribution in [-0.2, 0) is 9.53 Å².